The normalized spacial score (nSPS) is 29.6. The lowest BCUT2D eigenvalue weighted by Gasteiger charge is -2.31. The summed E-state index contributed by atoms with van der Waals surface area (Å²) in [6, 6.07) is 0.216. The minimum Gasteiger partial charge on any atom is -0.326 e. The van der Waals surface area contributed by atoms with E-state index in [1.807, 2.05) is 0 Å². The molecule has 2 unspecified atom stereocenters. The minimum absolute atomic E-state index is 0.0706. The monoisotopic (exact) mass is 206 g/mol. The average Bonchev–Trinajstić information content (AvgIpc) is 2.28. The number of halogens is 2. The van der Waals surface area contributed by atoms with Gasteiger partial charge in [0.2, 0.25) is 0 Å². The van der Waals surface area contributed by atoms with Crippen molar-refractivity contribution in [1.29, 1.82) is 0 Å². The number of alkyl halides is 2. The van der Waals surface area contributed by atoms with Crippen LogP contribution in [-0.4, -0.2) is 37.0 Å². The van der Waals surface area contributed by atoms with Gasteiger partial charge in [0.05, 0.1) is 6.54 Å². The highest BCUT2D eigenvalue weighted by molar-refractivity contribution is 4.83. The van der Waals surface area contributed by atoms with Crippen molar-refractivity contribution in [2.75, 3.05) is 13.6 Å². The molecule has 2 atom stereocenters. The standard InChI is InChI=1S/C10H20F2N2/c1-14(7-10(11)12)9-6-4-2-3-5-8(9)13/h8-10H,2-7,13H2,1H3. The zero-order chi connectivity index (χ0) is 10.6. The smallest absolute Gasteiger partial charge is 0.251 e. The van der Waals surface area contributed by atoms with Gasteiger partial charge in [0.25, 0.3) is 6.43 Å². The molecule has 1 saturated carbocycles. The summed E-state index contributed by atoms with van der Waals surface area (Å²) in [5.41, 5.74) is 5.97. The second-order valence-electron chi connectivity index (χ2n) is 4.20. The highest BCUT2D eigenvalue weighted by atomic mass is 19.3. The minimum atomic E-state index is -2.25. The number of likely N-dealkylation sites (N-methyl/N-ethyl adjacent to an activating group) is 1. The van der Waals surface area contributed by atoms with Gasteiger partial charge >= 0.3 is 0 Å². The summed E-state index contributed by atoms with van der Waals surface area (Å²) in [4.78, 5) is 1.72. The Kier molecular flexibility index (Phi) is 4.75. The van der Waals surface area contributed by atoms with Gasteiger partial charge in [-0.1, -0.05) is 19.3 Å². The summed E-state index contributed by atoms with van der Waals surface area (Å²) in [6.07, 6.45) is 3.12. The Hall–Kier alpha value is -0.220. The van der Waals surface area contributed by atoms with Crippen LogP contribution in [0.4, 0.5) is 8.78 Å². The molecule has 1 aliphatic carbocycles. The molecule has 0 radical (unpaired) electrons. The Balaban J connectivity index is 2.45. The molecular formula is C10H20F2N2. The van der Waals surface area contributed by atoms with Gasteiger partial charge in [-0.05, 0) is 19.9 Å². The van der Waals surface area contributed by atoms with Crippen molar-refractivity contribution < 1.29 is 8.78 Å². The molecule has 1 rings (SSSR count). The van der Waals surface area contributed by atoms with E-state index in [0.29, 0.717) is 0 Å². The Bertz CT molecular complexity index is 164. The van der Waals surface area contributed by atoms with Crippen molar-refractivity contribution in [2.45, 2.75) is 50.6 Å². The summed E-state index contributed by atoms with van der Waals surface area (Å²) in [5.74, 6) is 0. The molecule has 0 spiro atoms. The topological polar surface area (TPSA) is 29.3 Å². The van der Waals surface area contributed by atoms with E-state index < -0.39 is 6.43 Å². The van der Waals surface area contributed by atoms with Crippen molar-refractivity contribution >= 4 is 0 Å². The summed E-state index contributed by atoms with van der Waals surface area (Å²) < 4.78 is 24.4. The van der Waals surface area contributed by atoms with Crippen LogP contribution in [0.1, 0.15) is 32.1 Å². The lowest BCUT2D eigenvalue weighted by Crippen LogP contribution is -2.46. The predicted molar refractivity (Wildman–Crippen MR) is 53.5 cm³/mol. The maximum atomic E-state index is 12.2. The number of rotatable bonds is 3. The third-order valence-corrected chi connectivity index (χ3v) is 3.02. The molecule has 1 aliphatic rings. The molecule has 84 valence electrons. The van der Waals surface area contributed by atoms with Crippen LogP contribution in [0.3, 0.4) is 0 Å². The van der Waals surface area contributed by atoms with E-state index in [4.69, 9.17) is 5.73 Å². The largest absolute Gasteiger partial charge is 0.326 e. The molecule has 0 aromatic rings. The molecule has 4 heteroatoms. The quantitative estimate of drug-likeness (QED) is 0.714. The van der Waals surface area contributed by atoms with Gasteiger partial charge in [-0.15, -0.1) is 0 Å². The maximum Gasteiger partial charge on any atom is 0.251 e. The molecule has 0 amide bonds. The molecule has 14 heavy (non-hydrogen) atoms. The molecule has 0 heterocycles. The van der Waals surface area contributed by atoms with E-state index in [2.05, 4.69) is 0 Å². The van der Waals surface area contributed by atoms with E-state index in [1.54, 1.807) is 11.9 Å². The van der Waals surface area contributed by atoms with Crippen LogP contribution in [0.15, 0.2) is 0 Å². The number of nitrogens with two attached hydrogens (primary N) is 1. The first-order valence-corrected chi connectivity index (χ1v) is 5.35. The first-order chi connectivity index (χ1) is 6.61. The van der Waals surface area contributed by atoms with Crippen molar-refractivity contribution in [1.82, 2.24) is 4.90 Å². The van der Waals surface area contributed by atoms with Crippen molar-refractivity contribution in [3.05, 3.63) is 0 Å². The lowest BCUT2D eigenvalue weighted by atomic mass is 10.0. The maximum absolute atomic E-state index is 12.2. The van der Waals surface area contributed by atoms with E-state index >= 15 is 0 Å². The zero-order valence-corrected chi connectivity index (χ0v) is 8.76. The van der Waals surface area contributed by atoms with Gasteiger partial charge < -0.3 is 5.73 Å². The molecule has 2 N–H and O–H groups in total. The van der Waals surface area contributed by atoms with Crippen molar-refractivity contribution in [3.8, 4) is 0 Å². The molecule has 1 fully saturated rings. The summed E-state index contributed by atoms with van der Waals surface area (Å²) in [6.45, 7) is -0.154. The highest BCUT2D eigenvalue weighted by Crippen LogP contribution is 2.20. The van der Waals surface area contributed by atoms with Gasteiger partial charge in [-0.2, -0.15) is 0 Å². The summed E-state index contributed by atoms with van der Waals surface area (Å²) >= 11 is 0. The number of hydrogen-bond donors (Lipinski definition) is 1. The van der Waals surface area contributed by atoms with E-state index in [0.717, 1.165) is 25.7 Å². The van der Waals surface area contributed by atoms with Gasteiger partial charge in [-0.25, -0.2) is 8.78 Å². The third-order valence-electron chi connectivity index (χ3n) is 3.02. The van der Waals surface area contributed by atoms with Crippen molar-refractivity contribution in [3.63, 3.8) is 0 Å². The van der Waals surface area contributed by atoms with E-state index in [1.165, 1.54) is 6.42 Å². The Morgan fingerprint density at radius 2 is 1.93 bits per heavy atom. The van der Waals surface area contributed by atoms with Crippen molar-refractivity contribution in [2.24, 2.45) is 5.73 Å². The van der Waals surface area contributed by atoms with Crippen LogP contribution in [0.2, 0.25) is 0 Å². The fraction of sp³-hybridized carbons (Fsp3) is 1.00. The molecule has 0 bridgehead atoms. The third kappa shape index (κ3) is 3.50. The molecule has 0 saturated heterocycles. The van der Waals surface area contributed by atoms with Crippen LogP contribution in [0.5, 0.6) is 0 Å². The molecule has 0 aromatic carbocycles. The number of nitrogens with zero attached hydrogens (tertiary/aromatic N) is 1. The molecule has 2 nitrogen and oxygen atoms in total. The number of hydrogen-bond acceptors (Lipinski definition) is 2. The average molecular weight is 206 g/mol. The second kappa shape index (κ2) is 5.61. The van der Waals surface area contributed by atoms with Crippen LogP contribution >= 0.6 is 0 Å². The molecule has 0 aromatic heterocycles. The van der Waals surface area contributed by atoms with E-state index in [9.17, 15) is 8.78 Å². The van der Waals surface area contributed by atoms with Crippen LogP contribution in [-0.2, 0) is 0 Å². The summed E-state index contributed by atoms with van der Waals surface area (Å²) in [7, 11) is 1.75. The lowest BCUT2D eigenvalue weighted by molar-refractivity contribution is 0.0722. The first kappa shape index (κ1) is 11.9. The second-order valence-corrected chi connectivity index (χ2v) is 4.20. The Labute approximate surface area is 84.4 Å². The first-order valence-electron chi connectivity index (χ1n) is 5.35. The van der Waals surface area contributed by atoms with Gasteiger partial charge in [0.15, 0.2) is 0 Å². The van der Waals surface area contributed by atoms with Gasteiger partial charge in [-0.3, -0.25) is 4.90 Å². The fourth-order valence-corrected chi connectivity index (χ4v) is 2.22. The van der Waals surface area contributed by atoms with Crippen LogP contribution < -0.4 is 5.73 Å². The molecule has 0 aliphatic heterocycles. The Morgan fingerprint density at radius 3 is 2.57 bits per heavy atom. The highest BCUT2D eigenvalue weighted by Gasteiger charge is 2.25. The van der Waals surface area contributed by atoms with Crippen LogP contribution in [0, 0.1) is 0 Å². The zero-order valence-electron chi connectivity index (χ0n) is 8.76. The SMILES string of the molecule is CN(CC(F)F)C1CCCCCC1N. The van der Waals surface area contributed by atoms with E-state index in [-0.39, 0.29) is 18.6 Å². The molecular weight excluding hydrogens is 186 g/mol. The fourth-order valence-electron chi connectivity index (χ4n) is 2.22. The predicted octanol–water partition coefficient (Wildman–Crippen LogP) is 1.84. The van der Waals surface area contributed by atoms with Crippen LogP contribution in [0.25, 0.3) is 0 Å². The van der Waals surface area contributed by atoms with Gasteiger partial charge in [0.1, 0.15) is 0 Å². The summed E-state index contributed by atoms with van der Waals surface area (Å²) in [5, 5.41) is 0. The Morgan fingerprint density at radius 1 is 1.29 bits per heavy atom. The van der Waals surface area contributed by atoms with Gasteiger partial charge in [0, 0.05) is 12.1 Å².